The Hall–Kier alpha value is -2.38. The lowest BCUT2D eigenvalue weighted by molar-refractivity contribution is -0.159. The van der Waals surface area contributed by atoms with Crippen molar-refractivity contribution in [3.8, 4) is 11.4 Å². The largest absolute Gasteiger partial charge is 0.471 e. The van der Waals surface area contributed by atoms with Gasteiger partial charge in [-0.05, 0) is 11.6 Å². The quantitative estimate of drug-likeness (QED) is 0.510. The summed E-state index contributed by atoms with van der Waals surface area (Å²) in [6.07, 6.45) is -3.54. The molecule has 1 aromatic carbocycles. The Morgan fingerprint density at radius 1 is 1.33 bits per heavy atom. The van der Waals surface area contributed by atoms with E-state index in [4.69, 9.17) is 5.21 Å². The van der Waals surface area contributed by atoms with E-state index in [2.05, 4.69) is 19.8 Å². The summed E-state index contributed by atoms with van der Waals surface area (Å²) in [7, 11) is 0. The van der Waals surface area contributed by atoms with Gasteiger partial charge < -0.3 is 9.73 Å². The van der Waals surface area contributed by atoms with Crippen molar-refractivity contribution >= 4 is 6.21 Å². The van der Waals surface area contributed by atoms with Crippen LogP contribution in [0.5, 0.6) is 0 Å². The molecule has 0 aliphatic heterocycles. The number of benzene rings is 1. The molecule has 0 aliphatic rings. The van der Waals surface area contributed by atoms with Gasteiger partial charge >= 0.3 is 12.1 Å². The van der Waals surface area contributed by atoms with E-state index < -0.39 is 12.1 Å². The van der Waals surface area contributed by atoms with Crippen LogP contribution in [-0.2, 0) is 6.18 Å². The van der Waals surface area contributed by atoms with E-state index in [1.807, 2.05) is 0 Å². The van der Waals surface area contributed by atoms with Crippen LogP contribution in [0.1, 0.15) is 11.5 Å². The van der Waals surface area contributed by atoms with E-state index in [-0.39, 0.29) is 5.82 Å². The summed E-state index contributed by atoms with van der Waals surface area (Å²) in [4.78, 5) is 3.24. The number of hydrogen-bond acceptors (Lipinski definition) is 5. The lowest BCUT2D eigenvalue weighted by Crippen LogP contribution is -2.04. The molecule has 0 saturated heterocycles. The highest BCUT2D eigenvalue weighted by Gasteiger charge is 2.38. The molecule has 0 bridgehead atoms. The van der Waals surface area contributed by atoms with Crippen LogP contribution in [0.25, 0.3) is 11.4 Å². The fraction of sp³-hybridized carbons (Fsp3) is 0.100. The molecule has 0 aliphatic carbocycles. The second-order valence-electron chi connectivity index (χ2n) is 3.29. The van der Waals surface area contributed by atoms with E-state index in [9.17, 15) is 13.2 Å². The Morgan fingerprint density at radius 2 is 2.11 bits per heavy atom. The van der Waals surface area contributed by atoms with E-state index in [1.165, 1.54) is 12.1 Å². The molecule has 2 rings (SSSR count). The molecule has 0 unspecified atom stereocenters. The summed E-state index contributed by atoms with van der Waals surface area (Å²) in [5, 5.41) is 14.4. The normalized spacial score (nSPS) is 12.2. The van der Waals surface area contributed by atoms with Gasteiger partial charge in [0.15, 0.2) is 0 Å². The molecule has 5 nitrogen and oxygen atoms in total. The number of hydrogen-bond donors (Lipinski definition) is 1. The van der Waals surface area contributed by atoms with Crippen LogP contribution in [0.3, 0.4) is 0 Å². The van der Waals surface area contributed by atoms with Crippen LogP contribution < -0.4 is 0 Å². The molecule has 8 heteroatoms. The first kappa shape index (κ1) is 12.1. The van der Waals surface area contributed by atoms with Gasteiger partial charge in [0.1, 0.15) is 0 Å². The zero-order chi connectivity index (χ0) is 13.2. The van der Waals surface area contributed by atoms with Gasteiger partial charge in [-0.2, -0.15) is 18.2 Å². The van der Waals surface area contributed by atoms with Crippen molar-refractivity contribution in [3.05, 3.63) is 35.7 Å². The lowest BCUT2D eigenvalue weighted by Gasteiger charge is -1.97. The maximum atomic E-state index is 12.3. The van der Waals surface area contributed by atoms with Gasteiger partial charge in [-0.1, -0.05) is 28.5 Å². The number of aromatic nitrogens is 2. The standard InChI is InChI=1S/C10H6F3N3O2/c11-10(12,13)9-15-8(16-18-9)7-3-1-2-6(4-7)5-14-17/h1-5,17H. The molecule has 0 spiro atoms. The van der Waals surface area contributed by atoms with Crippen molar-refractivity contribution in [3.63, 3.8) is 0 Å². The highest BCUT2D eigenvalue weighted by molar-refractivity contribution is 5.81. The summed E-state index contributed by atoms with van der Waals surface area (Å²) in [5.74, 6) is -1.59. The fourth-order valence-corrected chi connectivity index (χ4v) is 1.28. The van der Waals surface area contributed by atoms with Crippen LogP contribution in [-0.4, -0.2) is 21.6 Å². The van der Waals surface area contributed by atoms with Gasteiger partial charge in [-0.15, -0.1) is 0 Å². The summed E-state index contributed by atoms with van der Waals surface area (Å²) in [6, 6.07) is 6.15. The maximum Gasteiger partial charge on any atom is 0.471 e. The maximum absolute atomic E-state index is 12.3. The number of rotatable bonds is 2. The van der Waals surface area contributed by atoms with Crippen molar-refractivity contribution in [1.29, 1.82) is 0 Å². The molecule has 0 fully saturated rings. The number of nitrogens with zero attached hydrogens (tertiary/aromatic N) is 3. The predicted molar refractivity (Wildman–Crippen MR) is 54.1 cm³/mol. The predicted octanol–water partition coefficient (Wildman–Crippen LogP) is 2.56. The van der Waals surface area contributed by atoms with E-state index in [0.29, 0.717) is 11.1 Å². The van der Waals surface area contributed by atoms with Gasteiger partial charge in [0.2, 0.25) is 5.82 Å². The molecule has 1 aromatic heterocycles. The van der Waals surface area contributed by atoms with E-state index in [0.717, 1.165) is 6.21 Å². The summed E-state index contributed by atoms with van der Waals surface area (Å²) < 4.78 is 40.9. The summed E-state index contributed by atoms with van der Waals surface area (Å²) in [5.41, 5.74) is 0.819. The lowest BCUT2D eigenvalue weighted by atomic mass is 10.1. The first-order valence-electron chi connectivity index (χ1n) is 4.69. The minimum absolute atomic E-state index is 0.185. The first-order valence-corrected chi connectivity index (χ1v) is 4.69. The third-order valence-electron chi connectivity index (χ3n) is 2.02. The molecular weight excluding hydrogens is 251 g/mol. The van der Waals surface area contributed by atoms with E-state index >= 15 is 0 Å². The van der Waals surface area contributed by atoms with Gasteiger partial charge in [-0.25, -0.2) is 0 Å². The van der Waals surface area contributed by atoms with Crippen LogP contribution >= 0.6 is 0 Å². The number of halogens is 3. The Labute approximate surface area is 98.5 Å². The van der Waals surface area contributed by atoms with Gasteiger partial charge in [0.25, 0.3) is 0 Å². The van der Waals surface area contributed by atoms with Crippen molar-refractivity contribution < 1.29 is 22.9 Å². The van der Waals surface area contributed by atoms with E-state index in [1.54, 1.807) is 12.1 Å². The van der Waals surface area contributed by atoms with Gasteiger partial charge in [-0.3, -0.25) is 0 Å². The molecule has 0 amide bonds. The molecular formula is C10H6F3N3O2. The smallest absolute Gasteiger partial charge is 0.411 e. The van der Waals surface area contributed by atoms with Crippen molar-refractivity contribution in [1.82, 2.24) is 10.1 Å². The Morgan fingerprint density at radius 3 is 2.72 bits per heavy atom. The minimum atomic E-state index is -4.67. The third kappa shape index (κ3) is 2.47. The zero-order valence-electron chi connectivity index (χ0n) is 8.72. The number of alkyl halides is 3. The fourth-order valence-electron chi connectivity index (χ4n) is 1.28. The molecule has 18 heavy (non-hydrogen) atoms. The van der Waals surface area contributed by atoms with Crippen molar-refractivity contribution in [2.24, 2.45) is 5.16 Å². The molecule has 0 atom stereocenters. The highest BCUT2D eigenvalue weighted by Crippen LogP contribution is 2.29. The van der Waals surface area contributed by atoms with Crippen LogP contribution in [0.15, 0.2) is 33.9 Å². The van der Waals surface area contributed by atoms with Gasteiger partial charge in [0, 0.05) is 5.56 Å². The molecule has 2 aromatic rings. The second-order valence-corrected chi connectivity index (χ2v) is 3.29. The Balaban J connectivity index is 2.37. The topological polar surface area (TPSA) is 71.5 Å². The Kier molecular flexibility index (Phi) is 3.00. The highest BCUT2D eigenvalue weighted by atomic mass is 19.4. The molecule has 0 radical (unpaired) electrons. The van der Waals surface area contributed by atoms with Crippen molar-refractivity contribution in [2.45, 2.75) is 6.18 Å². The van der Waals surface area contributed by atoms with Crippen LogP contribution in [0, 0.1) is 0 Å². The minimum Gasteiger partial charge on any atom is -0.411 e. The average Bonchev–Trinajstić information content (AvgIpc) is 2.78. The van der Waals surface area contributed by atoms with Crippen LogP contribution in [0.2, 0.25) is 0 Å². The monoisotopic (exact) mass is 257 g/mol. The third-order valence-corrected chi connectivity index (χ3v) is 2.02. The molecule has 1 heterocycles. The molecule has 0 saturated carbocycles. The van der Waals surface area contributed by atoms with Gasteiger partial charge in [0.05, 0.1) is 6.21 Å². The average molecular weight is 257 g/mol. The molecule has 94 valence electrons. The zero-order valence-corrected chi connectivity index (χ0v) is 8.72. The van der Waals surface area contributed by atoms with Crippen molar-refractivity contribution in [2.75, 3.05) is 0 Å². The molecule has 1 N–H and O–H groups in total. The van der Waals surface area contributed by atoms with Crippen LogP contribution in [0.4, 0.5) is 13.2 Å². The summed E-state index contributed by atoms with van der Waals surface area (Å²) >= 11 is 0. The first-order chi connectivity index (χ1) is 8.50. The Bertz CT molecular complexity index is 578. The second kappa shape index (κ2) is 4.47. The summed E-state index contributed by atoms with van der Waals surface area (Å²) in [6.45, 7) is 0. The number of oxime groups is 1. The SMILES string of the molecule is ON=Cc1cccc(-c2noc(C(F)(F)F)n2)c1.